The number of hydrogen-bond donors (Lipinski definition) is 3. The number of halogens is 3. The number of anilines is 1. The molecule has 1 aromatic heterocycles. The van der Waals surface area contributed by atoms with Gasteiger partial charge < -0.3 is 20.6 Å². The van der Waals surface area contributed by atoms with Crippen molar-refractivity contribution in [3.63, 3.8) is 0 Å². The van der Waals surface area contributed by atoms with E-state index in [0.29, 0.717) is 5.56 Å². The van der Waals surface area contributed by atoms with E-state index in [4.69, 9.17) is 27.8 Å². The molecule has 0 aliphatic rings. The summed E-state index contributed by atoms with van der Waals surface area (Å²) in [5.74, 6) is 0.0725. The average molecular weight is 380 g/mol. The molecule has 0 spiro atoms. The van der Waals surface area contributed by atoms with Crippen LogP contribution in [0.4, 0.5) is 19.0 Å². The Hall–Kier alpha value is -3.08. The third-order valence-electron chi connectivity index (χ3n) is 3.40. The van der Waals surface area contributed by atoms with Crippen LogP contribution in [0.1, 0.15) is 11.1 Å². The molecule has 4 N–H and O–H groups in total. The zero-order chi connectivity index (χ0) is 19.5. The Balaban J connectivity index is 2.37. The number of aromatic nitrogens is 1. The zero-order valence-corrected chi connectivity index (χ0v) is 13.8. The number of rotatable bonds is 4. The molecule has 1 unspecified atom stereocenters. The molecule has 1 heterocycles. The lowest BCUT2D eigenvalue weighted by atomic mass is 9.97. The van der Waals surface area contributed by atoms with Crippen LogP contribution in [0.3, 0.4) is 0 Å². The third kappa shape index (κ3) is 3.94. The Morgan fingerprint density at radius 3 is 2.27 bits per heavy atom. The van der Waals surface area contributed by atoms with E-state index in [2.05, 4.69) is 4.98 Å². The number of aliphatic hydroxyl groups is 1. The number of aliphatic hydroxyl groups excluding tert-OH is 1. The normalized spacial score (nSPS) is 12.1. The minimum Gasteiger partial charge on any atom is -0.491 e. The molecule has 0 amide bonds. The first-order chi connectivity index (χ1) is 12.2. The number of alkyl halides is 3. The maximum absolute atomic E-state index is 12.3. The average Bonchev–Trinajstić information content (AvgIpc) is 2.58. The molecule has 6 nitrogen and oxygen atoms in total. The fraction of sp³-hybridized carbons (Fsp3) is 0.188. The van der Waals surface area contributed by atoms with E-state index in [-0.39, 0.29) is 32.9 Å². The standard InChI is InChI=1S/C16H11F3N4O2S/c17-16(18,19)12(24)7-25-9-3-1-8(2-4-9)13-10(5-20)14(22)23-15(26)11(13)6-21/h1-4,12,24H,7H2,(H3,22,23,26). The Morgan fingerprint density at radius 1 is 1.19 bits per heavy atom. The molecule has 10 heteroatoms. The molecule has 0 saturated carbocycles. The Labute approximate surface area is 150 Å². The summed E-state index contributed by atoms with van der Waals surface area (Å²) >= 11 is 5.04. The predicted octanol–water partition coefficient (Wildman–Crippen LogP) is 3.04. The molecular weight excluding hydrogens is 369 g/mol. The summed E-state index contributed by atoms with van der Waals surface area (Å²) in [5.41, 5.74) is 6.44. The van der Waals surface area contributed by atoms with Gasteiger partial charge in [-0.05, 0) is 17.7 Å². The first-order valence-electron chi connectivity index (χ1n) is 7.03. The quantitative estimate of drug-likeness (QED) is 0.702. The summed E-state index contributed by atoms with van der Waals surface area (Å²) in [5, 5.41) is 27.5. The molecule has 0 saturated heterocycles. The molecule has 0 radical (unpaired) electrons. The van der Waals surface area contributed by atoms with Gasteiger partial charge in [-0.2, -0.15) is 23.7 Å². The van der Waals surface area contributed by atoms with E-state index in [1.807, 2.05) is 12.1 Å². The van der Waals surface area contributed by atoms with E-state index in [0.717, 1.165) is 0 Å². The van der Waals surface area contributed by atoms with Gasteiger partial charge in [-0.25, -0.2) is 0 Å². The number of ether oxygens (including phenoxy) is 1. The van der Waals surface area contributed by atoms with Crippen LogP contribution in [-0.2, 0) is 0 Å². The highest BCUT2D eigenvalue weighted by Gasteiger charge is 2.38. The number of nitrogens with two attached hydrogens (primary N) is 1. The SMILES string of the molecule is N#Cc1c(N)[nH]c(=S)c(C#N)c1-c1ccc(OCC(O)C(F)(F)F)cc1. The first kappa shape index (κ1) is 19.2. The van der Waals surface area contributed by atoms with Gasteiger partial charge in [0.05, 0.1) is 5.56 Å². The summed E-state index contributed by atoms with van der Waals surface area (Å²) in [6.45, 7) is -0.959. The van der Waals surface area contributed by atoms with Crippen LogP contribution in [0, 0.1) is 27.3 Å². The fourth-order valence-corrected chi connectivity index (χ4v) is 2.38. The zero-order valence-electron chi connectivity index (χ0n) is 13.0. The van der Waals surface area contributed by atoms with Crippen molar-refractivity contribution < 1.29 is 23.0 Å². The molecule has 2 aromatic rings. The molecule has 0 aliphatic heterocycles. The second-order valence-corrected chi connectivity index (χ2v) is 5.52. The summed E-state index contributed by atoms with van der Waals surface area (Å²) in [4.78, 5) is 2.57. The van der Waals surface area contributed by atoms with Gasteiger partial charge in [-0.1, -0.05) is 24.4 Å². The van der Waals surface area contributed by atoms with Crippen molar-refractivity contribution >= 4 is 18.0 Å². The van der Waals surface area contributed by atoms with Crippen molar-refractivity contribution in [1.29, 1.82) is 10.5 Å². The number of nitrogens with one attached hydrogen (secondary N) is 1. The third-order valence-corrected chi connectivity index (χ3v) is 3.70. The molecule has 0 bridgehead atoms. The maximum atomic E-state index is 12.3. The van der Waals surface area contributed by atoms with Gasteiger partial charge in [-0.3, -0.25) is 0 Å². The van der Waals surface area contributed by atoms with Crippen molar-refractivity contribution in [2.45, 2.75) is 12.3 Å². The topological polar surface area (TPSA) is 119 Å². The van der Waals surface area contributed by atoms with Gasteiger partial charge >= 0.3 is 6.18 Å². The number of nitrogen functional groups attached to an aromatic ring is 1. The summed E-state index contributed by atoms with van der Waals surface area (Å²) in [6, 6.07) is 9.37. The van der Waals surface area contributed by atoms with Crippen LogP contribution in [0.2, 0.25) is 0 Å². The molecule has 0 aliphatic carbocycles. The molecule has 1 atom stereocenters. The second-order valence-electron chi connectivity index (χ2n) is 5.11. The lowest BCUT2D eigenvalue weighted by Gasteiger charge is -2.15. The van der Waals surface area contributed by atoms with E-state index < -0.39 is 18.9 Å². The van der Waals surface area contributed by atoms with E-state index >= 15 is 0 Å². The molecule has 26 heavy (non-hydrogen) atoms. The summed E-state index contributed by atoms with van der Waals surface area (Å²) in [7, 11) is 0. The van der Waals surface area contributed by atoms with Crippen LogP contribution in [-0.4, -0.2) is 29.0 Å². The summed E-state index contributed by atoms with van der Waals surface area (Å²) < 4.78 is 41.7. The number of nitrogens with zero attached hydrogens (tertiary/aromatic N) is 2. The van der Waals surface area contributed by atoms with Crippen LogP contribution in [0.25, 0.3) is 11.1 Å². The van der Waals surface area contributed by atoms with Crippen LogP contribution in [0.15, 0.2) is 24.3 Å². The minimum atomic E-state index is -4.78. The summed E-state index contributed by atoms with van der Waals surface area (Å²) in [6.07, 6.45) is -7.38. The van der Waals surface area contributed by atoms with Crippen molar-refractivity contribution in [2.24, 2.45) is 0 Å². The predicted molar refractivity (Wildman–Crippen MR) is 88.5 cm³/mol. The smallest absolute Gasteiger partial charge is 0.417 e. The monoisotopic (exact) mass is 380 g/mol. The van der Waals surface area contributed by atoms with E-state index in [9.17, 15) is 23.7 Å². The number of aromatic amines is 1. The van der Waals surface area contributed by atoms with Gasteiger partial charge in [-0.15, -0.1) is 0 Å². The van der Waals surface area contributed by atoms with Gasteiger partial charge in [0, 0.05) is 5.56 Å². The van der Waals surface area contributed by atoms with Gasteiger partial charge in [0.2, 0.25) is 0 Å². The number of hydrogen-bond acceptors (Lipinski definition) is 6. The second kappa shape index (κ2) is 7.44. The highest BCUT2D eigenvalue weighted by Crippen LogP contribution is 2.31. The first-order valence-corrected chi connectivity index (χ1v) is 7.43. The number of pyridine rings is 1. The molecule has 134 valence electrons. The van der Waals surface area contributed by atoms with E-state index in [1.165, 1.54) is 24.3 Å². The van der Waals surface area contributed by atoms with Crippen molar-refractivity contribution in [3.8, 4) is 29.0 Å². The largest absolute Gasteiger partial charge is 0.491 e. The van der Waals surface area contributed by atoms with Gasteiger partial charge in [0.25, 0.3) is 0 Å². The van der Waals surface area contributed by atoms with Gasteiger partial charge in [0.15, 0.2) is 6.10 Å². The lowest BCUT2D eigenvalue weighted by Crippen LogP contribution is -2.34. The Morgan fingerprint density at radius 2 is 1.77 bits per heavy atom. The molecule has 0 fully saturated rings. The Bertz CT molecular complexity index is 956. The number of benzene rings is 1. The van der Waals surface area contributed by atoms with Crippen LogP contribution < -0.4 is 10.5 Å². The maximum Gasteiger partial charge on any atom is 0.417 e. The minimum absolute atomic E-state index is 0.000117. The Kier molecular flexibility index (Phi) is 5.50. The van der Waals surface area contributed by atoms with Crippen molar-refractivity contribution in [1.82, 2.24) is 4.98 Å². The molecular formula is C16H11F3N4O2S. The van der Waals surface area contributed by atoms with Crippen LogP contribution >= 0.6 is 12.2 Å². The molecule has 2 rings (SSSR count). The highest BCUT2D eigenvalue weighted by molar-refractivity contribution is 7.71. The van der Waals surface area contributed by atoms with E-state index in [1.54, 1.807) is 0 Å². The fourth-order valence-electron chi connectivity index (χ4n) is 2.12. The molecule has 1 aromatic carbocycles. The number of nitriles is 2. The van der Waals surface area contributed by atoms with Gasteiger partial charge in [0.1, 0.15) is 40.5 Å². The van der Waals surface area contributed by atoms with Crippen molar-refractivity contribution in [2.75, 3.05) is 12.3 Å². The highest BCUT2D eigenvalue weighted by atomic mass is 32.1. The van der Waals surface area contributed by atoms with Crippen molar-refractivity contribution in [3.05, 3.63) is 40.0 Å². The number of H-pyrrole nitrogens is 1. The lowest BCUT2D eigenvalue weighted by molar-refractivity contribution is -0.210. The van der Waals surface area contributed by atoms with Crippen LogP contribution in [0.5, 0.6) is 5.75 Å².